The summed E-state index contributed by atoms with van der Waals surface area (Å²) in [5, 5.41) is 0. The highest BCUT2D eigenvalue weighted by Crippen LogP contribution is 2.33. The van der Waals surface area contributed by atoms with Crippen LogP contribution < -0.4 is 0 Å². The lowest BCUT2D eigenvalue weighted by Crippen LogP contribution is -1.99. The van der Waals surface area contributed by atoms with Gasteiger partial charge in [-0.1, -0.05) is 17.7 Å². The molecule has 0 aliphatic carbocycles. The Bertz CT molecular complexity index is 914. The molecule has 0 aromatic carbocycles. The molecule has 0 aliphatic rings. The van der Waals surface area contributed by atoms with Crippen molar-refractivity contribution in [2.75, 3.05) is 0 Å². The molecule has 0 atom stereocenters. The Balaban J connectivity index is 2.06. The topological polar surface area (TPSA) is 43.6 Å². The average Bonchev–Trinajstić information content (AvgIpc) is 3.11. The molecule has 6 heteroatoms. The first-order valence-electron chi connectivity index (χ1n) is 6.33. The van der Waals surface area contributed by atoms with Crippen LogP contribution in [0.2, 0.25) is 4.34 Å². The average molecular weight is 313 g/mol. The van der Waals surface area contributed by atoms with Gasteiger partial charge in [-0.25, -0.2) is 15.0 Å². The Hall–Kier alpha value is -2.24. The lowest BCUT2D eigenvalue weighted by molar-refractivity contribution is 1.02. The maximum atomic E-state index is 6.06. The van der Waals surface area contributed by atoms with Crippen LogP contribution >= 0.6 is 22.9 Å². The molecule has 0 bridgehead atoms. The van der Waals surface area contributed by atoms with Crippen molar-refractivity contribution in [3.63, 3.8) is 0 Å². The van der Waals surface area contributed by atoms with Gasteiger partial charge >= 0.3 is 0 Å². The number of hydrogen-bond donors (Lipinski definition) is 0. The van der Waals surface area contributed by atoms with Gasteiger partial charge < -0.3 is 0 Å². The van der Waals surface area contributed by atoms with Crippen LogP contribution in [0.5, 0.6) is 0 Å². The molecule has 0 aliphatic heterocycles. The zero-order valence-electron chi connectivity index (χ0n) is 10.8. The third kappa shape index (κ3) is 2.11. The fourth-order valence-electron chi connectivity index (χ4n) is 2.22. The molecule has 21 heavy (non-hydrogen) atoms. The minimum atomic E-state index is 0.734. The molecule has 0 radical (unpaired) electrons. The molecule has 102 valence electrons. The summed E-state index contributed by atoms with van der Waals surface area (Å²) in [5.41, 5.74) is 1.62. The number of thiophene rings is 1. The summed E-state index contributed by atoms with van der Waals surface area (Å²) < 4.78 is 2.69. The van der Waals surface area contributed by atoms with E-state index in [1.54, 1.807) is 12.4 Å². The second-order valence-electron chi connectivity index (χ2n) is 4.41. The number of rotatable bonds is 2. The van der Waals surface area contributed by atoms with Crippen molar-refractivity contribution in [2.24, 2.45) is 0 Å². The lowest BCUT2D eigenvalue weighted by atomic mass is 10.4. The Labute approximate surface area is 129 Å². The van der Waals surface area contributed by atoms with E-state index >= 15 is 0 Å². The number of aromatic nitrogens is 4. The van der Waals surface area contributed by atoms with E-state index in [1.165, 1.54) is 11.3 Å². The highest BCUT2D eigenvalue weighted by molar-refractivity contribution is 7.19. The van der Waals surface area contributed by atoms with Crippen LogP contribution in [-0.2, 0) is 0 Å². The Morgan fingerprint density at radius 3 is 2.62 bits per heavy atom. The number of nitrogens with zero attached hydrogens (tertiary/aromatic N) is 4. The van der Waals surface area contributed by atoms with Crippen LogP contribution in [0.4, 0.5) is 0 Å². The summed E-state index contributed by atoms with van der Waals surface area (Å²) >= 11 is 7.55. The highest BCUT2D eigenvalue weighted by Gasteiger charge is 2.16. The van der Waals surface area contributed by atoms with Crippen molar-refractivity contribution in [1.29, 1.82) is 0 Å². The number of hydrogen-bond acceptors (Lipinski definition) is 4. The lowest BCUT2D eigenvalue weighted by Gasteiger charge is -2.05. The summed E-state index contributed by atoms with van der Waals surface area (Å²) in [4.78, 5) is 14.5. The van der Waals surface area contributed by atoms with E-state index in [9.17, 15) is 0 Å². The summed E-state index contributed by atoms with van der Waals surface area (Å²) in [6.45, 7) is 0. The first-order valence-corrected chi connectivity index (χ1v) is 7.53. The molecule has 4 rings (SSSR count). The fourth-order valence-corrected chi connectivity index (χ4v) is 3.24. The summed E-state index contributed by atoms with van der Waals surface area (Å²) in [6, 6.07) is 13.4. The standard InChI is InChI=1S/C15H9ClN4S/c16-12-7-6-11(21-12)15-19-10-4-3-9-18-14(10)20(15)13-5-1-2-8-17-13/h1-9H. The van der Waals surface area contributed by atoms with Crippen LogP contribution in [0, 0.1) is 0 Å². The molecular weight excluding hydrogens is 304 g/mol. The van der Waals surface area contributed by atoms with Gasteiger partial charge in [-0.2, -0.15) is 0 Å². The van der Waals surface area contributed by atoms with Crippen molar-refractivity contribution in [1.82, 2.24) is 19.5 Å². The zero-order valence-corrected chi connectivity index (χ0v) is 12.3. The number of halogens is 1. The summed E-state index contributed by atoms with van der Waals surface area (Å²) in [5.74, 6) is 1.59. The van der Waals surface area contributed by atoms with E-state index in [0.29, 0.717) is 0 Å². The van der Waals surface area contributed by atoms with Crippen molar-refractivity contribution >= 4 is 34.1 Å². The largest absolute Gasteiger partial charge is 0.259 e. The van der Waals surface area contributed by atoms with E-state index < -0.39 is 0 Å². The molecule has 0 amide bonds. The van der Waals surface area contributed by atoms with Crippen molar-refractivity contribution in [3.8, 4) is 16.5 Å². The van der Waals surface area contributed by atoms with Gasteiger partial charge in [0.25, 0.3) is 0 Å². The third-order valence-electron chi connectivity index (χ3n) is 3.09. The highest BCUT2D eigenvalue weighted by atomic mass is 35.5. The Morgan fingerprint density at radius 1 is 0.952 bits per heavy atom. The van der Waals surface area contributed by atoms with Crippen LogP contribution in [0.3, 0.4) is 0 Å². The van der Waals surface area contributed by atoms with E-state index in [-0.39, 0.29) is 0 Å². The molecule has 4 nitrogen and oxygen atoms in total. The third-order valence-corrected chi connectivity index (χ3v) is 4.32. The molecule has 4 heterocycles. The van der Waals surface area contributed by atoms with Crippen LogP contribution in [-0.4, -0.2) is 19.5 Å². The normalized spacial score (nSPS) is 11.1. The first-order chi connectivity index (χ1) is 10.3. The van der Waals surface area contributed by atoms with Crippen LogP contribution in [0.1, 0.15) is 0 Å². The second-order valence-corrected chi connectivity index (χ2v) is 6.12. The number of imidazole rings is 1. The van der Waals surface area contributed by atoms with E-state index in [2.05, 4.69) is 15.0 Å². The fraction of sp³-hybridized carbons (Fsp3) is 0. The number of pyridine rings is 2. The molecule has 0 N–H and O–H groups in total. The summed E-state index contributed by atoms with van der Waals surface area (Å²) in [6.07, 6.45) is 3.52. The van der Waals surface area contributed by atoms with Crippen molar-refractivity contribution in [3.05, 3.63) is 59.2 Å². The smallest absolute Gasteiger partial charge is 0.166 e. The van der Waals surface area contributed by atoms with Gasteiger partial charge in [-0.05, 0) is 36.4 Å². The van der Waals surface area contributed by atoms with E-state index in [4.69, 9.17) is 11.6 Å². The SMILES string of the molecule is Clc1ccc(-c2nc3cccnc3n2-c2ccccn2)s1. The monoisotopic (exact) mass is 312 g/mol. The van der Waals surface area contributed by atoms with Gasteiger partial charge in [0, 0.05) is 12.4 Å². The van der Waals surface area contributed by atoms with E-state index in [0.717, 1.165) is 32.0 Å². The molecular formula is C15H9ClN4S. The molecule has 4 aromatic heterocycles. The van der Waals surface area contributed by atoms with Gasteiger partial charge in [0.2, 0.25) is 0 Å². The zero-order chi connectivity index (χ0) is 14.2. The maximum Gasteiger partial charge on any atom is 0.166 e. The van der Waals surface area contributed by atoms with Gasteiger partial charge in [0.1, 0.15) is 11.3 Å². The van der Waals surface area contributed by atoms with Crippen LogP contribution in [0.15, 0.2) is 54.9 Å². The predicted molar refractivity (Wildman–Crippen MR) is 85.0 cm³/mol. The molecule has 0 fully saturated rings. The van der Waals surface area contributed by atoms with Gasteiger partial charge in [0.05, 0.1) is 9.21 Å². The Morgan fingerprint density at radius 2 is 1.86 bits per heavy atom. The Kier molecular flexibility index (Phi) is 2.94. The molecule has 0 spiro atoms. The van der Waals surface area contributed by atoms with Gasteiger partial charge in [-0.15, -0.1) is 11.3 Å². The van der Waals surface area contributed by atoms with E-state index in [1.807, 2.05) is 47.0 Å². The minimum Gasteiger partial charge on any atom is -0.259 e. The number of fused-ring (bicyclic) bond motifs is 1. The second kappa shape index (κ2) is 4.95. The van der Waals surface area contributed by atoms with Crippen LogP contribution in [0.25, 0.3) is 27.7 Å². The molecule has 0 unspecified atom stereocenters. The quantitative estimate of drug-likeness (QED) is 0.557. The molecule has 4 aromatic rings. The minimum absolute atomic E-state index is 0.734. The van der Waals surface area contributed by atoms with Gasteiger partial charge in [-0.3, -0.25) is 4.57 Å². The summed E-state index contributed by atoms with van der Waals surface area (Å²) in [7, 11) is 0. The predicted octanol–water partition coefficient (Wildman–Crippen LogP) is 4.20. The van der Waals surface area contributed by atoms with Crippen molar-refractivity contribution in [2.45, 2.75) is 0 Å². The van der Waals surface area contributed by atoms with Crippen molar-refractivity contribution < 1.29 is 0 Å². The van der Waals surface area contributed by atoms with Gasteiger partial charge in [0.15, 0.2) is 11.5 Å². The maximum absolute atomic E-state index is 6.06. The molecule has 0 saturated heterocycles. The molecule has 0 saturated carbocycles. The first kappa shape index (κ1) is 12.5.